The Morgan fingerprint density at radius 3 is 2.12 bits per heavy atom. The second-order valence-corrected chi connectivity index (χ2v) is 9.88. The van der Waals surface area contributed by atoms with Crippen LogP contribution in [0.15, 0.2) is 47.4 Å². The van der Waals surface area contributed by atoms with Crippen LogP contribution in [-0.2, 0) is 21.0 Å². The van der Waals surface area contributed by atoms with Gasteiger partial charge in [0.15, 0.2) is 0 Å². The van der Waals surface area contributed by atoms with Crippen molar-refractivity contribution in [1.29, 1.82) is 0 Å². The van der Waals surface area contributed by atoms with Crippen molar-refractivity contribution in [2.24, 2.45) is 0 Å². The van der Waals surface area contributed by atoms with E-state index in [1.54, 1.807) is 6.92 Å². The molecule has 1 heterocycles. The lowest BCUT2D eigenvalue weighted by molar-refractivity contribution is -0.137. The minimum Gasteiger partial charge on any atom is -0.324 e. The molecule has 0 aromatic heterocycles. The van der Waals surface area contributed by atoms with Crippen LogP contribution in [0.4, 0.5) is 18.9 Å². The monoisotopic (exact) mass is 469 g/mol. The number of rotatable bonds is 5. The summed E-state index contributed by atoms with van der Waals surface area (Å²) >= 11 is 0. The zero-order valence-corrected chi connectivity index (χ0v) is 18.9. The summed E-state index contributed by atoms with van der Waals surface area (Å²) in [6.07, 6.45) is -4.53. The zero-order valence-electron chi connectivity index (χ0n) is 18.1. The molecule has 1 fully saturated rings. The largest absolute Gasteiger partial charge is 0.416 e. The average molecular weight is 470 g/mol. The Morgan fingerprint density at radius 2 is 1.59 bits per heavy atom. The van der Waals surface area contributed by atoms with Gasteiger partial charge in [-0.05, 0) is 56.7 Å². The van der Waals surface area contributed by atoms with Gasteiger partial charge in [-0.2, -0.15) is 17.5 Å². The van der Waals surface area contributed by atoms with Crippen molar-refractivity contribution in [3.63, 3.8) is 0 Å². The molecule has 1 N–H and O–H groups in total. The number of hydrogen-bond donors (Lipinski definition) is 1. The number of benzene rings is 2. The Hall–Kier alpha value is -2.43. The number of hydrogen-bond acceptors (Lipinski definition) is 4. The molecule has 32 heavy (non-hydrogen) atoms. The van der Waals surface area contributed by atoms with Gasteiger partial charge in [0.1, 0.15) is 0 Å². The van der Waals surface area contributed by atoms with Gasteiger partial charge in [0.2, 0.25) is 15.9 Å². The molecule has 174 valence electrons. The van der Waals surface area contributed by atoms with Gasteiger partial charge in [-0.25, -0.2) is 8.42 Å². The molecule has 6 nitrogen and oxygen atoms in total. The van der Waals surface area contributed by atoms with Gasteiger partial charge in [0, 0.05) is 31.9 Å². The molecule has 0 saturated carbocycles. The minimum atomic E-state index is -4.53. The number of halogens is 3. The van der Waals surface area contributed by atoms with Gasteiger partial charge in [-0.15, -0.1) is 0 Å². The van der Waals surface area contributed by atoms with Crippen LogP contribution in [0.2, 0.25) is 0 Å². The minimum absolute atomic E-state index is 0.143. The van der Waals surface area contributed by atoms with Crippen molar-refractivity contribution in [3.05, 3.63) is 59.2 Å². The van der Waals surface area contributed by atoms with E-state index in [1.165, 1.54) is 4.31 Å². The molecule has 1 aliphatic rings. The highest BCUT2D eigenvalue weighted by molar-refractivity contribution is 7.89. The Morgan fingerprint density at radius 1 is 1.00 bits per heavy atom. The maximum Gasteiger partial charge on any atom is 0.416 e. The number of nitrogens with zero attached hydrogens (tertiary/aromatic N) is 2. The lowest BCUT2D eigenvalue weighted by Crippen LogP contribution is -2.53. The molecule has 1 amide bonds. The quantitative estimate of drug-likeness (QED) is 0.726. The van der Waals surface area contributed by atoms with Gasteiger partial charge >= 0.3 is 6.18 Å². The molecule has 1 unspecified atom stereocenters. The van der Waals surface area contributed by atoms with E-state index >= 15 is 0 Å². The first-order valence-corrected chi connectivity index (χ1v) is 11.6. The Balaban J connectivity index is 1.61. The lowest BCUT2D eigenvalue weighted by Gasteiger charge is -2.36. The van der Waals surface area contributed by atoms with E-state index in [-0.39, 0.29) is 23.9 Å². The van der Waals surface area contributed by atoms with Crippen LogP contribution >= 0.6 is 0 Å². The predicted molar refractivity (Wildman–Crippen MR) is 116 cm³/mol. The van der Waals surface area contributed by atoms with Crippen LogP contribution < -0.4 is 5.32 Å². The molecule has 0 radical (unpaired) electrons. The van der Waals surface area contributed by atoms with E-state index in [2.05, 4.69) is 5.32 Å². The Bertz CT molecular complexity index is 1080. The third-order valence-corrected chi connectivity index (χ3v) is 7.57. The summed E-state index contributed by atoms with van der Waals surface area (Å²) in [5.41, 5.74) is 1.89. The van der Waals surface area contributed by atoms with Gasteiger partial charge < -0.3 is 5.32 Å². The third-order valence-electron chi connectivity index (χ3n) is 5.66. The van der Waals surface area contributed by atoms with E-state index in [4.69, 9.17) is 0 Å². The molecule has 1 aliphatic heterocycles. The molecule has 2 aromatic carbocycles. The normalized spacial score (nSPS) is 17.2. The molecule has 0 aliphatic carbocycles. The fourth-order valence-electron chi connectivity index (χ4n) is 3.65. The first-order chi connectivity index (χ1) is 14.9. The first-order valence-electron chi connectivity index (χ1n) is 10.2. The van der Waals surface area contributed by atoms with Gasteiger partial charge in [-0.3, -0.25) is 9.69 Å². The topological polar surface area (TPSA) is 69.7 Å². The summed E-state index contributed by atoms with van der Waals surface area (Å²) in [5, 5.41) is 2.91. The SMILES string of the molecule is Cc1ccc(NC(=O)C(C)N2CCN(S(=O)(=O)c3ccc(C(F)(F)F)cc3)CC2)c(C)c1. The average Bonchev–Trinajstić information content (AvgIpc) is 2.74. The summed E-state index contributed by atoms with van der Waals surface area (Å²) in [6.45, 7) is 6.61. The van der Waals surface area contributed by atoms with Crippen molar-refractivity contribution >= 4 is 21.6 Å². The van der Waals surface area contributed by atoms with Crippen LogP contribution in [0.25, 0.3) is 0 Å². The summed E-state index contributed by atoms with van der Waals surface area (Å²) in [4.78, 5) is 14.4. The molecular weight excluding hydrogens is 443 g/mol. The van der Waals surface area contributed by atoms with Gasteiger partial charge in [0.05, 0.1) is 16.5 Å². The van der Waals surface area contributed by atoms with E-state index in [1.807, 2.05) is 36.9 Å². The number of anilines is 1. The van der Waals surface area contributed by atoms with Crippen LogP contribution in [0, 0.1) is 13.8 Å². The van der Waals surface area contributed by atoms with Crippen LogP contribution in [-0.4, -0.2) is 55.8 Å². The number of aryl methyl sites for hydroxylation is 2. The highest BCUT2D eigenvalue weighted by Crippen LogP contribution is 2.30. The fraction of sp³-hybridized carbons (Fsp3) is 0.409. The Labute approximate surface area is 186 Å². The maximum absolute atomic E-state index is 12.8. The van der Waals surface area contributed by atoms with Crippen molar-refractivity contribution in [3.8, 4) is 0 Å². The number of alkyl halides is 3. The summed E-state index contributed by atoms with van der Waals surface area (Å²) in [6, 6.07) is 8.76. The smallest absolute Gasteiger partial charge is 0.324 e. The molecule has 1 atom stereocenters. The fourth-order valence-corrected chi connectivity index (χ4v) is 5.08. The number of piperazine rings is 1. The highest BCUT2D eigenvalue weighted by Gasteiger charge is 2.34. The van der Waals surface area contributed by atoms with E-state index in [0.29, 0.717) is 13.1 Å². The number of amides is 1. The summed E-state index contributed by atoms with van der Waals surface area (Å²) in [7, 11) is -3.91. The summed E-state index contributed by atoms with van der Waals surface area (Å²) in [5.74, 6) is -0.184. The highest BCUT2D eigenvalue weighted by atomic mass is 32.2. The van der Waals surface area contributed by atoms with Crippen molar-refractivity contribution in [1.82, 2.24) is 9.21 Å². The number of carbonyl (C=O) groups excluding carboxylic acids is 1. The van der Waals surface area contributed by atoms with E-state index in [0.717, 1.165) is 41.1 Å². The van der Waals surface area contributed by atoms with Gasteiger partial charge in [0.25, 0.3) is 0 Å². The number of carbonyl (C=O) groups is 1. The van der Waals surface area contributed by atoms with Crippen LogP contribution in [0.5, 0.6) is 0 Å². The second-order valence-electron chi connectivity index (χ2n) is 7.95. The summed E-state index contributed by atoms with van der Waals surface area (Å²) < 4.78 is 65.1. The standard InChI is InChI=1S/C22H26F3N3O3S/c1-15-4-9-20(16(2)14-15)26-21(29)17(3)27-10-12-28(13-11-27)32(30,31)19-7-5-18(6-8-19)22(23,24)25/h4-9,14,17H,10-13H2,1-3H3,(H,26,29). The molecule has 0 bridgehead atoms. The maximum atomic E-state index is 12.8. The number of sulfonamides is 1. The zero-order chi connectivity index (χ0) is 23.7. The predicted octanol–water partition coefficient (Wildman–Crippen LogP) is 3.66. The lowest BCUT2D eigenvalue weighted by atomic mass is 10.1. The van der Waals surface area contributed by atoms with Crippen molar-refractivity contribution in [2.45, 2.75) is 37.9 Å². The third kappa shape index (κ3) is 5.31. The number of nitrogens with one attached hydrogen (secondary N) is 1. The Kier molecular flexibility index (Phi) is 6.97. The van der Waals surface area contributed by atoms with Crippen molar-refractivity contribution in [2.75, 3.05) is 31.5 Å². The molecule has 2 aromatic rings. The van der Waals surface area contributed by atoms with Crippen molar-refractivity contribution < 1.29 is 26.4 Å². The van der Waals surface area contributed by atoms with Crippen LogP contribution in [0.1, 0.15) is 23.6 Å². The molecule has 0 spiro atoms. The van der Waals surface area contributed by atoms with E-state index in [9.17, 15) is 26.4 Å². The molecule has 10 heteroatoms. The van der Waals surface area contributed by atoms with Gasteiger partial charge in [-0.1, -0.05) is 17.7 Å². The van der Waals surface area contributed by atoms with Crippen LogP contribution in [0.3, 0.4) is 0 Å². The first kappa shape index (κ1) is 24.2. The van der Waals surface area contributed by atoms with E-state index < -0.39 is 27.8 Å². The molecule has 3 rings (SSSR count). The molecular formula is C22H26F3N3O3S. The second kappa shape index (κ2) is 9.21. The molecule has 1 saturated heterocycles.